The summed E-state index contributed by atoms with van der Waals surface area (Å²) in [6.45, 7) is 1.79. The zero-order chi connectivity index (χ0) is 8.89. The molecule has 1 N–H and O–H groups in total. The monoisotopic (exact) mass is 177 g/mol. The highest BCUT2D eigenvalue weighted by Crippen LogP contribution is 2.51. The largest absolute Gasteiger partial charge is 0.312 e. The third-order valence-corrected chi connectivity index (χ3v) is 3.26. The minimum Gasteiger partial charge on any atom is -0.312 e. The first-order valence-corrected chi connectivity index (χ1v) is 4.80. The van der Waals surface area contributed by atoms with Crippen LogP contribution in [0.1, 0.15) is 24.0 Å². The van der Waals surface area contributed by atoms with E-state index in [1.54, 1.807) is 12.1 Å². The van der Waals surface area contributed by atoms with Gasteiger partial charge in [0.1, 0.15) is 5.82 Å². The van der Waals surface area contributed by atoms with E-state index in [0.717, 1.165) is 37.1 Å². The fourth-order valence-electron chi connectivity index (χ4n) is 2.41. The van der Waals surface area contributed by atoms with Gasteiger partial charge in [-0.15, -0.1) is 0 Å². The van der Waals surface area contributed by atoms with Gasteiger partial charge < -0.3 is 5.32 Å². The molecule has 3 rings (SSSR count). The van der Waals surface area contributed by atoms with Crippen molar-refractivity contribution in [3.63, 3.8) is 0 Å². The van der Waals surface area contributed by atoms with Crippen LogP contribution >= 0.6 is 0 Å². The lowest BCUT2D eigenvalue weighted by Crippen LogP contribution is -2.34. The molecule has 1 fully saturated rings. The Labute approximate surface area is 77.0 Å². The molecule has 68 valence electrons. The Hall–Kier alpha value is -0.890. The fourth-order valence-corrected chi connectivity index (χ4v) is 2.41. The molecule has 0 atom stereocenters. The van der Waals surface area contributed by atoms with E-state index in [-0.39, 0.29) is 11.2 Å². The van der Waals surface area contributed by atoms with Crippen molar-refractivity contribution in [2.24, 2.45) is 0 Å². The van der Waals surface area contributed by atoms with Gasteiger partial charge in [-0.3, -0.25) is 0 Å². The van der Waals surface area contributed by atoms with E-state index in [2.05, 4.69) is 5.32 Å². The minimum atomic E-state index is -0.00324. The lowest BCUT2D eigenvalue weighted by atomic mass is 9.88. The van der Waals surface area contributed by atoms with Gasteiger partial charge in [0.15, 0.2) is 0 Å². The molecule has 1 spiro atoms. The van der Waals surface area contributed by atoms with Crippen molar-refractivity contribution in [2.45, 2.75) is 24.8 Å². The van der Waals surface area contributed by atoms with Crippen molar-refractivity contribution in [2.75, 3.05) is 6.54 Å². The van der Waals surface area contributed by atoms with Gasteiger partial charge >= 0.3 is 0 Å². The highest BCUT2D eigenvalue weighted by atomic mass is 19.1. The first-order valence-electron chi connectivity index (χ1n) is 4.80. The van der Waals surface area contributed by atoms with E-state index in [0.29, 0.717) is 0 Å². The normalized spacial score (nSPS) is 22.8. The molecular formula is C11H12FN. The lowest BCUT2D eigenvalue weighted by Gasteiger charge is -2.26. The van der Waals surface area contributed by atoms with Gasteiger partial charge in [0.05, 0.1) is 0 Å². The number of halogens is 1. The topological polar surface area (TPSA) is 12.0 Å². The van der Waals surface area contributed by atoms with Crippen LogP contribution in [0.5, 0.6) is 0 Å². The van der Waals surface area contributed by atoms with Crippen molar-refractivity contribution < 1.29 is 4.39 Å². The molecule has 1 heterocycles. The SMILES string of the molecule is Fc1cccc2c1C1(CC1)CNC2. The average Bonchev–Trinajstić information content (AvgIpc) is 2.86. The van der Waals surface area contributed by atoms with Crippen LogP contribution in [0.2, 0.25) is 0 Å². The summed E-state index contributed by atoms with van der Waals surface area (Å²) in [5.74, 6) is -0.00324. The third kappa shape index (κ3) is 0.953. The average molecular weight is 177 g/mol. The first kappa shape index (κ1) is 7.51. The second-order valence-corrected chi connectivity index (χ2v) is 4.16. The summed E-state index contributed by atoms with van der Waals surface area (Å²) in [4.78, 5) is 0. The van der Waals surface area contributed by atoms with E-state index in [1.165, 1.54) is 0 Å². The molecular weight excluding hydrogens is 165 g/mol. The standard InChI is InChI=1S/C11H12FN/c12-9-3-1-2-8-6-13-7-11(4-5-11)10(8)9/h1-3,13H,4-7H2. The molecule has 13 heavy (non-hydrogen) atoms. The van der Waals surface area contributed by atoms with E-state index >= 15 is 0 Å². The summed E-state index contributed by atoms with van der Waals surface area (Å²) in [6, 6.07) is 5.42. The molecule has 0 unspecified atom stereocenters. The van der Waals surface area contributed by atoms with Crippen molar-refractivity contribution in [3.8, 4) is 0 Å². The molecule has 0 bridgehead atoms. The molecule has 0 radical (unpaired) electrons. The first-order chi connectivity index (χ1) is 6.32. The van der Waals surface area contributed by atoms with Gasteiger partial charge in [-0.05, 0) is 30.0 Å². The number of fused-ring (bicyclic) bond motifs is 2. The van der Waals surface area contributed by atoms with Crippen LogP contribution in [-0.2, 0) is 12.0 Å². The van der Waals surface area contributed by atoms with Crippen LogP contribution in [0.15, 0.2) is 18.2 Å². The summed E-state index contributed by atoms with van der Waals surface area (Å²) in [5, 5.41) is 3.35. The summed E-state index contributed by atoms with van der Waals surface area (Å²) in [6.07, 6.45) is 2.29. The van der Waals surface area contributed by atoms with E-state index < -0.39 is 0 Å². The number of benzene rings is 1. The molecule has 0 aromatic heterocycles. The number of nitrogens with one attached hydrogen (secondary N) is 1. The Kier molecular flexibility index (Phi) is 1.34. The van der Waals surface area contributed by atoms with Crippen LogP contribution in [0.3, 0.4) is 0 Å². The molecule has 0 amide bonds. The molecule has 2 heteroatoms. The molecule has 1 aliphatic carbocycles. The van der Waals surface area contributed by atoms with Gasteiger partial charge in [0.2, 0.25) is 0 Å². The van der Waals surface area contributed by atoms with Crippen LogP contribution < -0.4 is 5.32 Å². The van der Waals surface area contributed by atoms with Crippen LogP contribution in [-0.4, -0.2) is 6.54 Å². The quantitative estimate of drug-likeness (QED) is 0.638. The molecule has 2 aliphatic rings. The summed E-state index contributed by atoms with van der Waals surface area (Å²) >= 11 is 0. The van der Waals surface area contributed by atoms with Crippen molar-refractivity contribution >= 4 is 0 Å². The molecule has 1 aromatic rings. The Morgan fingerprint density at radius 3 is 2.92 bits per heavy atom. The Balaban J connectivity index is 2.21. The predicted octanol–water partition coefficient (Wildman–Crippen LogP) is 1.96. The van der Waals surface area contributed by atoms with Crippen LogP contribution in [0.25, 0.3) is 0 Å². The highest BCUT2D eigenvalue weighted by Gasteiger charge is 2.48. The summed E-state index contributed by atoms with van der Waals surface area (Å²) in [7, 11) is 0. The molecule has 1 nitrogen and oxygen atoms in total. The molecule has 1 aliphatic heterocycles. The van der Waals surface area contributed by atoms with Gasteiger partial charge in [0, 0.05) is 18.5 Å². The smallest absolute Gasteiger partial charge is 0.127 e. The second-order valence-electron chi connectivity index (χ2n) is 4.16. The zero-order valence-corrected chi connectivity index (χ0v) is 7.44. The Bertz CT molecular complexity index is 355. The zero-order valence-electron chi connectivity index (χ0n) is 7.44. The lowest BCUT2D eigenvalue weighted by molar-refractivity contribution is 0.491. The maximum absolute atomic E-state index is 13.6. The van der Waals surface area contributed by atoms with Gasteiger partial charge in [0.25, 0.3) is 0 Å². The van der Waals surface area contributed by atoms with Crippen molar-refractivity contribution in [3.05, 3.63) is 35.1 Å². The summed E-state index contributed by atoms with van der Waals surface area (Å²) < 4.78 is 13.6. The van der Waals surface area contributed by atoms with Gasteiger partial charge in [-0.1, -0.05) is 12.1 Å². The highest BCUT2D eigenvalue weighted by molar-refractivity contribution is 5.42. The Morgan fingerprint density at radius 2 is 2.15 bits per heavy atom. The molecule has 1 saturated carbocycles. The van der Waals surface area contributed by atoms with Crippen LogP contribution in [0, 0.1) is 5.82 Å². The maximum Gasteiger partial charge on any atom is 0.127 e. The predicted molar refractivity (Wildman–Crippen MR) is 49.0 cm³/mol. The summed E-state index contributed by atoms with van der Waals surface area (Å²) in [5.41, 5.74) is 2.32. The van der Waals surface area contributed by atoms with Gasteiger partial charge in [-0.25, -0.2) is 4.39 Å². The molecule has 0 saturated heterocycles. The maximum atomic E-state index is 13.6. The van der Waals surface area contributed by atoms with Gasteiger partial charge in [-0.2, -0.15) is 0 Å². The molecule has 1 aromatic carbocycles. The van der Waals surface area contributed by atoms with E-state index in [1.807, 2.05) is 6.07 Å². The third-order valence-electron chi connectivity index (χ3n) is 3.26. The second kappa shape index (κ2) is 2.32. The van der Waals surface area contributed by atoms with Crippen LogP contribution in [0.4, 0.5) is 4.39 Å². The Morgan fingerprint density at radius 1 is 1.31 bits per heavy atom. The van der Waals surface area contributed by atoms with Crippen molar-refractivity contribution in [1.29, 1.82) is 0 Å². The number of hydrogen-bond acceptors (Lipinski definition) is 1. The van der Waals surface area contributed by atoms with Crippen molar-refractivity contribution in [1.82, 2.24) is 5.32 Å². The van der Waals surface area contributed by atoms with E-state index in [9.17, 15) is 4.39 Å². The van der Waals surface area contributed by atoms with E-state index in [4.69, 9.17) is 0 Å². The fraction of sp³-hybridized carbons (Fsp3) is 0.455. The minimum absolute atomic E-state index is 0.00324. The number of rotatable bonds is 0. The number of hydrogen-bond donors (Lipinski definition) is 1.